The lowest BCUT2D eigenvalue weighted by Crippen LogP contribution is -2.53. The first-order valence-corrected chi connectivity index (χ1v) is 12.5. The molecule has 0 saturated heterocycles. The Kier molecular flexibility index (Phi) is 8.38. The highest BCUT2D eigenvalue weighted by atomic mass is 35.5. The Morgan fingerprint density at radius 3 is 2.86 bits per heavy atom. The molecule has 36 heavy (non-hydrogen) atoms. The lowest BCUT2D eigenvalue weighted by Gasteiger charge is -2.43. The largest absolute Gasteiger partial charge is 0.480 e. The molecule has 0 unspecified atom stereocenters. The van der Waals surface area contributed by atoms with E-state index in [-0.39, 0.29) is 29.1 Å². The lowest BCUT2D eigenvalue weighted by atomic mass is 9.76. The number of aliphatic carboxylic acids is 1. The van der Waals surface area contributed by atoms with E-state index < -0.39 is 36.0 Å². The van der Waals surface area contributed by atoms with Crippen molar-refractivity contribution in [2.75, 3.05) is 18.5 Å². The van der Waals surface area contributed by atoms with Crippen LogP contribution in [0.25, 0.3) is 0 Å². The molecule has 0 spiro atoms. The number of anilines is 1. The highest BCUT2D eigenvalue weighted by Crippen LogP contribution is 2.37. The number of nitrogens with zero attached hydrogens (tertiary/aromatic N) is 3. The predicted molar refractivity (Wildman–Crippen MR) is 130 cm³/mol. The quantitative estimate of drug-likeness (QED) is 0.403. The Bertz CT molecular complexity index is 1130. The third-order valence-corrected chi connectivity index (χ3v) is 7.33. The van der Waals surface area contributed by atoms with Gasteiger partial charge in [-0.05, 0) is 69.4 Å². The number of nitrogens with one attached hydrogen (secondary N) is 1. The molecule has 194 valence electrons. The number of hydroxylamine groups is 2. The standard InChI is InChI=1S/C25H30ClFN4O5/c1-14-22(26)21(19(27)13-29-14)25(35)36-31(20(8-10-32)24(33)34)18-11-15(12-18)4-6-17-7-5-16-3-2-9-28-23(16)30-17/h5,7,13,15,18,20,32H,2-4,6,8-12H2,1H3,(H,28,30)(H,33,34)/t15?,18?,20-/m0/s1. The number of carboxylic acids is 1. The second kappa shape index (κ2) is 11.5. The second-order valence-corrected chi connectivity index (χ2v) is 9.73. The molecule has 0 aromatic carbocycles. The van der Waals surface area contributed by atoms with Crippen molar-refractivity contribution in [3.8, 4) is 0 Å². The summed E-state index contributed by atoms with van der Waals surface area (Å²) in [5, 5.41) is 23.4. The maximum Gasteiger partial charge on any atom is 0.361 e. The Labute approximate surface area is 213 Å². The first-order valence-electron chi connectivity index (χ1n) is 12.2. The van der Waals surface area contributed by atoms with E-state index >= 15 is 0 Å². The van der Waals surface area contributed by atoms with Crippen molar-refractivity contribution in [1.29, 1.82) is 0 Å². The minimum atomic E-state index is -1.27. The van der Waals surface area contributed by atoms with Crippen molar-refractivity contribution in [3.05, 3.63) is 51.7 Å². The number of aliphatic hydroxyl groups is 1. The molecule has 2 aliphatic rings. The van der Waals surface area contributed by atoms with Gasteiger partial charge in [-0.1, -0.05) is 17.7 Å². The third kappa shape index (κ3) is 5.77. The fourth-order valence-electron chi connectivity index (χ4n) is 4.77. The number of hydrogen-bond acceptors (Lipinski definition) is 8. The van der Waals surface area contributed by atoms with E-state index in [1.807, 2.05) is 6.07 Å². The summed E-state index contributed by atoms with van der Waals surface area (Å²) in [6, 6.07) is 2.51. The van der Waals surface area contributed by atoms with Crippen LogP contribution in [0.1, 0.15) is 59.4 Å². The van der Waals surface area contributed by atoms with Crippen molar-refractivity contribution in [2.24, 2.45) is 5.92 Å². The van der Waals surface area contributed by atoms with Crippen LogP contribution >= 0.6 is 11.6 Å². The fourth-order valence-corrected chi connectivity index (χ4v) is 4.98. The molecule has 9 nitrogen and oxygen atoms in total. The van der Waals surface area contributed by atoms with Crippen molar-refractivity contribution in [2.45, 2.75) is 64.0 Å². The van der Waals surface area contributed by atoms with Crippen molar-refractivity contribution >= 4 is 29.4 Å². The van der Waals surface area contributed by atoms with Gasteiger partial charge in [-0.2, -0.15) is 0 Å². The number of carbonyl (C=O) groups excluding carboxylic acids is 1. The van der Waals surface area contributed by atoms with Crippen LogP contribution in [0.4, 0.5) is 10.2 Å². The molecule has 1 aliphatic heterocycles. The number of carboxylic acid groups (broad SMARTS) is 1. The molecule has 1 aliphatic carbocycles. The monoisotopic (exact) mass is 520 g/mol. The highest BCUT2D eigenvalue weighted by molar-refractivity contribution is 6.34. The molecule has 2 aromatic rings. The number of pyridine rings is 2. The van der Waals surface area contributed by atoms with E-state index in [4.69, 9.17) is 21.4 Å². The van der Waals surface area contributed by atoms with Gasteiger partial charge in [0.2, 0.25) is 0 Å². The van der Waals surface area contributed by atoms with Gasteiger partial charge in [0.1, 0.15) is 17.4 Å². The number of aliphatic hydroxyl groups excluding tert-OH is 1. The van der Waals surface area contributed by atoms with Crippen LogP contribution in [0, 0.1) is 18.7 Å². The Morgan fingerprint density at radius 1 is 1.36 bits per heavy atom. The summed E-state index contributed by atoms with van der Waals surface area (Å²) >= 11 is 6.09. The number of carbonyl (C=O) groups is 2. The number of fused-ring (bicyclic) bond motifs is 1. The van der Waals surface area contributed by atoms with Crippen LogP contribution in [0.2, 0.25) is 5.02 Å². The molecule has 0 radical (unpaired) electrons. The minimum Gasteiger partial charge on any atom is -0.480 e. The van der Waals surface area contributed by atoms with Crippen molar-refractivity contribution in [3.63, 3.8) is 0 Å². The van der Waals surface area contributed by atoms with E-state index in [2.05, 4.69) is 16.4 Å². The average Bonchev–Trinajstić information content (AvgIpc) is 2.83. The molecule has 11 heteroatoms. The first kappa shape index (κ1) is 26.2. The first-order chi connectivity index (χ1) is 17.3. The molecule has 3 N–H and O–H groups in total. The van der Waals surface area contributed by atoms with Gasteiger partial charge in [0, 0.05) is 24.9 Å². The third-order valence-electron chi connectivity index (χ3n) is 6.87. The molecule has 1 fully saturated rings. The van der Waals surface area contributed by atoms with Gasteiger partial charge in [-0.25, -0.2) is 14.2 Å². The van der Waals surface area contributed by atoms with Gasteiger partial charge >= 0.3 is 11.9 Å². The van der Waals surface area contributed by atoms with Crippen LogP contribution in [-0.2, 0) is 22.5 Å². The van der Waals surface area contributed by atoms with Gasteiger partial charge in [-0.3, -0.25) is 9.78 Å². The van der Waals surface area contributed by atoms with E-state index in [9.17, 15) is 24.2 Å². The van der Waals surface area contributed by atoms with Crippen LogP contribution in [0.5, 0.6) is 0 Å². The van der Waals surface area contributed by atoms with E-state index in [0.717, 1.165) is 55.0 Å². The van der Waals surface area contributed by atoms with Crippen LogP contribution in [0.3, 0.4) is 0 Å². The van der Waals surface area contributed by atoms with E-state index in [1.54, 1.807) is 0 Å². The molecule has 1 saturated carbocycles. The zero-order valence-electron chi connectivity index (χ0n) is 20.0. The molecular formula is C25H30ClFN4O5. The second-order valence-electron chi connectivity index (χ2n) is 9.36. The summed E-state index contributed by atoms with van der Waals surface area (Å²) in [7, 11) is 0. The summed E-state index contributed by atoms with van der Waals surface area (Å²) in [6.07, 6.45) is 5.67. The molecule has 1 atom stereocenters. The number of hydrogen-bond donors (Lipinski definition) is 3. The van der Waals surface area contributed by atoms with Crippen LogP contribution < -0.4 is 5.32 Å². The number of rotatable bonds is 10. The van der Waals surface area contributed by atoms with Gasteiger partial charge in [0.25, 0.3) is 0 Å². The molecular weight excluding hydrogens is 491 g/mol. The topological polar surface area (TPSA) is 125 Å². The summed E-state index contributed by atoms with van der Waals surface area (Å²) in [5.74, 6) is -2.06. The van der Waals surface area contributed by atoms with E-state index in [0.29, 0.717) is 12.8 Å². The van der Waals surface area contributed by atoms with Crippen LogP contribution in [-0.4, -0.2) is 62.4 Å². The zero-order valence-corrected chi connectivity index (χ0v) is 20.8. The van der Waals surface area contributed by atoms with Crippen LogP contribution in [0.15, 0.2) is 18.3 Å². The fraction of sp³-hybridized carbons (Fsp3) is 0.520. The Balaban J connectivity index is 1.42. The van der Waals surface area contributed by atoms with E-state index in [1.165, 1.54) is 12.5 Å². The SMILES string of the molecule is Cc1ncc(F)c(C(=O)ON(C2CC(CCc3ccc4c(n3)NCCC4)C2)[C@@H](CCO)C(=O)O)c1Cl. The summed E-state index contributed by atoms with van der Waals surface area (Å²) in [5.41, 5.74) is 1.98. The summed E-state index contributed by atoms with van der Waals surface area (Å²) in [4.78, 5) is 38.7. The molecule has 0 bridgehead atoms. The maximum atomic E-state index is 14.3. The van der Waals surface area contributed by atoms with Crippen molar-refractivity contribution < 1.29 is 29.0 Å². The Morgan fingerprint density at radius 2 is 2.14 bits per heavy atom. The maximum absolute atomic E-state index is 14.3. The highest BCUT2D eigenvalue weighted by Gasteiger charge is 2.42. The number of aryl methyl sites for hydroxylation is 3. The lowest BCUT2D eigenvalue weighted by molar-refractivity contribution is -0.204. The number of aromatic nitrogens is 2. The summed E-state index contributed by atoms with van der Waals surface area (Å²) < 4.78 is 14.3. The molecule has 4 rings (SSSR count). The molecule has 2 aromatic heterocycles. The Hall–Kier alpha value is -2.82. The normalized spacial score (nSPS) is 19.7. The zero-order chi connectivity index (χ0) is 25.8. The van der Waals surface area contributed by atoms with Crippen molar-refractivity contribution in [1.82, 2.24) is 15.0 Å². The number of halogens is 2. The van der Waals surface area contributed by atoms with Gasteiger partial charge in [0.15, 0.2) is 5.82 Å². The average molecular weight is 521 g/mol. The summed E-state index contributed by atoms with van der Waals surface area (Å²) in [6.45, 7) is 2.03. The minimum absolute atomic E-state index is 0.151. The smallest absolute Gasteiger partial charge is 0.361 e. The predicted octanol–water partition coefficient (Wildman–Crippen LogP) is 3.56. The molecule has 0 amide bonds. The van der Waals surface area contributed by atoms with Gasteiger partial charge in [0.05, 0.1) is 16.9 Å². The molecule has 3 heterocycles. The van der Waals surface area contributed by atoms with Gasteiger partial charge < -0.3 is 20.4 Å². The van der Waals surface area contributed by atoms with Gasteiger partial charge in [-0.15, -0.1) is 5.06 Å².